The molecule has 0 unspecified atom stereocenters. The van der Waals surface area contributed by atoms with Gasteiger partial charge in [-0.2, -0.15) is 0 Å². The van der Waals surface area contributed by atoms with Gasteiger partial charge in [-0.05, 0) is 18.2 Å². The molecule has 0 spiro atoms. The zero-order valence-electron chi connectivity index (χ0n) is 6.75. The van der Waals surface area contributed by atoms with Crippen LogP contribution in [0.4, 0.5) is 0 Å². The van der Waals surface area contributed by atoms with Crippen LogP contribution in [0.3, 0.4) is 0 Å². The van der Waals surface area contributed by atoms with Crippen molar-refractivity contribution in [3.05, 3.63) is 34.0 Å². The summed E-state index contributed by atoms with van der Waals surface area (Å²) in [6.07, 6.45) is 0. The van der Waals surface area contributed by atoms with Gasteiger partial charge in [0.1, 0.15) is 10.6 Å². The van der Waals surface area contributed by atoms with Crippen molar-refractivity contribution >= 4 is 40.1 Å². The number of benzene rings is 1. The lowest BCUT2D eigenvalue weighted by molar-refractivity contribution is 0.0665. The van der Waals surface area contributed by atoms with Crippen LogP contribution in [0.1, 0.15) is 10.6 Å². The molecule has 0 radical (unpaired) electrons. The quantitative estimate of drug-likeness (QED) is 0.817. The van der Waals surface area contributed by atoms with Gasteiger partial charge in [-0.1, -0.05) is 23.2 Å². The third kappa shape index (κ3) is 1.35. The van der Waals surface area contributed by atoms with Crippen LogP contribution in [0.2, 0.25) is 10.0 Å². The highest BCUT2D eigenvalue weighted by atomic mass is 35.5. The molecule has 0 fully saturated rings. The second-order valence-electron chi connectivity index (χ2n) is 2.69. The highest BCUT2D eigenvalue weighted by Gasteiger charge is 2.18. The number of furan rings is 1. The summed E-state index contributed by atoms with van der Waals surface area (Å²) in [4.78, 5) is 10.7. The van der Waals surface area contributed by atoms with Crippen molar-refractivity contribution < 1.29 is 14.3 Å². The van der Waals surface area contributed by atoms with Crippen molar-refractivity contribution in [2.75, 3.05) is 0 Å². The first-order valence-electron chi connectivity index (χ1n) is 3.70. The Labute approximate surface area is 88.8 Å². The molecule has 1 heterocycles. The number of carboxylic acid groups (broad SMARTS) is 1. The smallest absolute Gasteiger partial charge is 0.373 e. The Balaban J connectivity index is 2.80. The number of carboxylic acids is 1. The minimum absolute atomic E-state index is 0.0787. The number of carbonyl (C=O) groups is 1. The molecule has 2 rings (SSSR count). The van der Waals surface area contributed by atoms with E-state index in [2.05, 4.69) is 0 Å². The van der Waals surface area contributed by atoms with E-state index in [4.69, 9.17) is 32.7 Å². The Bertz CT molecular complexity index is 516. The summed E-state index contributed by atoms with van der Waals surface area (Å²) in [5.41, 5.74) is 0.414. The Morgan fingerprint density at radius 3 is 2.71 bits per heavy atom. The number of hydrogen-bond donors (Lipinski definition) is 1. The summed E-state index contributed by atoms with van der Waals surface area (Å²) in [7, 11) is 0. The third-order valence-electron chi connectivity index (χ3n) is 1.78. The van der Waals surface area contributed by atoms with E-state index in [1.807, 2.05) is 0 Å². The van der Waals surface area contributed by atoms with Crippen LogP contribution in [-0.2, 0) is 0 Å². The van der Waals surface area contributed by atoms with E-state index in [-0.39, 0.29) is 10.8 Å². The summed E-state index contributed by atoms with van der Waals surface area (Å²) < 4.78 is 5.03. The summed E-state index contributed by atoms with van der Waals surface area (Å²) >= 11 is 11.5. The van der Waals surface area contributed by atoms with E-state index >= 15 is 0 Å². The maximum atomic E-state index is 10.7. The largest absolute Gasteiger partial charge is 0.475 e. The molecular formula is C9H4Cl2O3. The molecule has 0 aliphatic rings. The summed E-state index contributed by atoms with van der Waals surface area (Å²) in [5, 5.41) is 9.80. The van der Waals surface area contributed by atoms with Gasteiger partial charge in [0.25, 0.3) is 0 Å². The predicted octanol–water partition coefficient (Wildman–Crippen LogP) is 3.44. The van der Waals surface area contributed by atoms with Crippen molar-refractivity contribution in [1.82, 2.24) is 0 Å². The van der Waals surface area contributed by atoms with Gasteiger partial charge in [0.15, 0.2) is 0 Å². The molecule has 0 atom stereocenters. The molecule has 0 aliphatic heterocycles. The van der Waals surface area contributed by atoms with E-state index in [1.165, 1.54) is 0 Å². The molecule has 72 valence electrons. The van der Waals surface area contributed by atoms with Crippen LogP contribution in [0.5, 0.6) is 0 Å². The zero-order chi connectivity index (χ0) is 10.3. The molecule has 0 aliphatic carbocycles. The number of halogens is 2. The lowest BCUT2D eigenvalue weighted by Gasteiger charge is -1.88. The Kier molecular flexibility index (Phi) is 2.13. The Morgan fingerprint density at radius 1 is 1.36 bits per heavy atom. The van der Waals surface area contributed by atoms with E-state index in [0.29, 0.717) is 16.0 Å². The number of aromatic carboxylic acids is 1. The van der Waals surface area contributed by atoms with Crippen LogP contribution in [0.25, 0.3) is 11.0 Å². The first kappa shape index (κ1) is 9.37. The molecule has 1 aromatic heterocycles. The molecule has 14 heavy (non-hydrogen) atoms. The van der Waals surface area contributed by atoms with Gasteiger partial charge in [-0.25, -0.2) is 4.79 Å². The molecule has 2 aromatic rings. The average molecular weight is 231 g/mol. The lowest BCUT2D eigenvalue weighted by atomic mass is 10.2. The summed E-state index contributed by atoms with van der Waals surface area (Å²) in [6, 6.07) is 4.75. The molecule has 0 saturated carbocycles. The zero-order valence-corrected chi connectivity index (χ0v) is 8.26. The normalized spacial score (nSPS) is 10.7. The van der Waals surface area contributed by atoms with E-state index in [9.17, 15) is 4.79 Å². The highest BCUT2D eigenvalue weighted by Crippen LogP contribution is 2.32. The van der Waals surface area contributed by atoms with Crippen molar-refractivity contribution in [1.29, 1.82) is 0 Å². The van der Waals surface area contributed by atoms with Crippen LogP contribution < -0.4 is 0 Å². The van der Waals surface area contributed by atoms with Gasteiger partial charge in [0, 0.05) is 10.4 Å². The topological polar surface area (TPSA) is 50.4 Å². The van der Waals surface area contributed by atoms with Gasteiger partial charge in [0.05, 0.1) is 0 Å². The Hall–Kier alpha value is -1.19. The van der Waals surface area contributed by atoms with E-state index < -0.39 is 5.97 Å². The highest BCUT2D eigenvalue weighted by molar-refractivity contribution is 6.39. The molecule has 0 saturated heterocycles. The molecule has 0 amide bonds. The minimum Gasteiger partial charge on any atom is -0.475 e. The van der Waals surface area contributed by atoms with Gasteiger partial charge in [-0.3, -0.25) is 0 Å². The first-order chi connectivity index (χ1) is 6.59. The molecule has 5 heteroatoms. The lowest BCUT2D eigenvalue weighted by Crippen LogP contribution is -1.93. The fourth-order valence-electron chi connectivity index (χ4n) is 1.18. The minimum atomic E-state index is -1.19. The standard InChI is InChI=1S/C9H4Cl2O3/c10-4-1-2-6-5(3-4)7(11)8(14-6)9(12)13/h1-3H,(H,12,13). The predicted molar refractivity (Wildman–Crippen MR) is 53.2 cm³/mol. The third-order valence-corrected chi connectivity index (χ3v) is 2.39. The Morgan fingerprint density at radius 2 is 2.07 bits per heavy atom. The van der Waals surface area contributed by atoms with Crippen molar-refractivity contribution in [3.8, 4) is 0 Å². The molecular weight excluding hydrogens is 227 g/mol. The van der Waals surface area contributed by atoms with E-state index in [0.717, 1.165) is 0 Å². The van der Waals surface area contributed by atoms with Crippen LogP contribution >= 0.6 is 23.2 Å². The number of rotatable bonds is 1. The maximum absolute atomic E-state index is 10.7. The first-order valence-corrected chi connectivity index (χ1v) is 4.46. The molecule has 1 N–H and O–H groups in total. The second kappa shape index (κ2) is 3.19. The van der Waals surface area contributed by atoms with Gasteiger partial charge < -0.3 is 9.52 Å². The van der Waals surface area contributed by atoms with Crippen LogP contribution in [0, 0.1) is 0 Å². The molecule has 1 aromatic carbocycles. The van der Waals surface area contributed by atoms with Crippen LogP contribution in [0.15, 0.2) is 22.6 Å². The van der Waals surface area contributed by atoms with E-state index in [1.54, 1.807) is 18.2 Å². The molecule has 3 nitrogen and oxygen atoms in total. The second-order valence-corrected chi connectivity index (χ2v) is 3.51. The van der Waals surface area contributed by atoms with Gasteiger partial charge in [-0.15, -0.1) is 0 Å². The summed E-state index contributed by atoms with van der Waals surface area (Å²) in [5.74, 6) is -1.45. The number of hydrogen-bond acceptors (Lipinski definition) is 2. The monoisotopic (exact) mass is 230 g/mol. The fraction of sp³-hybridized carbons (Fsp3) is 0. The van der Waals surface area contributed by atoms with Crippen molar-refractivity contribution in [2.45, 2.75) is 0 Å². The maximum Gasteiger partial charge on any atom is 0.373 e. The SMILES string of the molecule is O=C(O)c1oc2ccc(Cl)cc2c1Cl. The van der Waals surface area contributed by atoms with Crippen molar-refractivity contribution in [2.24, 2.45) is 0 Å². The van der Waals surface area contributed by atoms with Gasteiger partial charge >= 0.3 is 5.97 Å². The molecule has 0 bridgehead atoms. The fourth-order valence-corrected chi connectivity index (χ4v) is 1.62. The summed E-state index contributed by atoms with van der Waals surface area (Å²) in [6.45, 7) is 0. The van der Waals surface area contributed by atoms with Crippen LogP contribution in [-0.4, -0.2) is 11.1 Å². The number of fused-ring (bicyclic) bond motifs is 1. The van der Waals surface area contributed by atoms with Gasteiger partial charge in [0.2, 0.25) is 5.76 Å². The average Bonchev–Trinajstić information content (AvgIpc) is 2.44. The van der Waals surface area contributed by atoms with Crippen molar-refractivity contribution in [3.63, 3.8) is 0 Å².